The van der Waals surface area contributed by atoms with E-state index in [0.29, 0.717) is 11.3 Å². The van der Waals surface area contributed by atoms with Crippen LogP contribution in [0.15, 0.2) is 6.07 Å². The van der Waals surface area contributed by atoms with E-state index in [9.17, 15) is 18.0 Å². The van der Waals surface area contributed by atoms with Crippen molar-refractivity contribution in [2.45, 2.75) is 69.9 Å². The molecule has 0 spiro atoms. The Morgan fingerprint density at radius 3 is 2.50 bits per heavy atom. The van der Waals surface area contributed by atoms with Gasteiger partial charge < -0.3 is 9.64 Å². The highest BCUT2D eigenvalue weighted by molar-refractivity contribution is 7.91. The van der Waals surface area contributed by atoms with E-state index in [2.05, 4.69) is 0 Å². The molecule has 1 aromatic heterocycles. The number of carbonyl (C=O) groups is 2. The van der Waals surface area contributed by atoms with Gasteiger partial charge in [0, 0.05) is 17.0 Å². The average molecular weight is 426 g/mol. The SMILES string of the molecule is O=C(OCC(=O)N(C1CCCC1)C1CCS(=O)(=O)C1)c1cc2c(s1)CCCC2. The maximum atomic E-state index is 12.9. The minimum absolute atomic E-state index is 0.0286. The molecular formula is C20H27NO5S2. The lowest BCUT2D eigenvalue weighted by Crippen LogP contribution is -2.48. The van der Waals surface area contributed by atoms with Crippen LogP contribution >= 0.6 is 11.3 Å². The maximum absolute atomic E-state index is 12.9. The zero-order valence-electron chi connectivity index (χ0n) is 16.0. The topological polar surface area (TPSA) is 80.8 Å². The predicted octanol–water partition coefficient (Wildman–Crippen LogP) is 2.74. The van der Waals surface area contributed by atoms with Gasteiger partial charge in [-0.2, -0.15) is 0 Å². The van der Waals surface area contributed by atoms with E-state index in [4.69, 9.17) is 4.74 Å². The number of thiophene rings is 1. The molecule has 154 valence electrons. The lowest BCUT2D eigenvalue weighted by atomic mass is 9.99. The van der Waals surface area contributed by atoms with E-state index in [1.165, 1.54) is 21.8 Å². The van der Waals surface area contributed by atoms with Gasteiger partial charge in [0.1, 0.15) is 4.88 Å². The number of ether oxygens (including phenoxy) is 1. The van der Waals surface area contributed by atoms with Crippen molar-refractivity contribution in [3.05, 3.63) is 21.4 Å². The van der Waals surface area contributed by atoms with E-state index in [1.54, 1.807) is 4.90 Å². The van der Waals surface area contributed by atoms with Gasteiger partial charge in [-0.1, -0.05) is 12.8 Å². The smallest absolute Gasteiger partial charge is 0.348 e. The summed E-state index contributed by atoms with van der Waals surface area (Å²) in [5.41, 5.74) is 1.23. The molecule has 6 nitrogen and oxygen atoms in total. The number of rotatable bonds is 5. The predicted molar refractivity (Wildman–Crippen MR) is 107 cm³/mol. The molecule has 0 aromatic carbocycles. The van der Waals surface area contributed by atoms with E-state index in [0.717, 1.165) is 51.4 Å². The number of amides is 1. The maximum Gasteiger partial charge on any atom is 0.348 e. The molecule has 4 rings (SSSR count). The molecule has 3 aliphatic rings. The summed E-state index contributed by atoms with van der Waals surface area (Å²) in [6.45, 7) is -0.311. The van der Waals surface area contributed by atoms with Crippen LogP contribution in [0.2, 0.25) is 0 Å². The van der Waals surface area contributed by atoms with Crippen LogP contribution in [-0.2, 0) is 32.2 Å². The Morgan fingerprint density at radius 2 is 1.82 bits per heavy atom. The quantitative estimate of drug-likeness (QED) is 0.678. The van der Waals surface area contributed by atoms with Crippen molar-refractivity contribution in [3.63, 3.8) is 0 Å². The van der Waals surface area contributed by atoms with E-state index in [-0.39, 0.29) is 36.1 Å². The van der Waals surface area contributed by atoms with Gasteiger partial charge in [-0.05, 0) is 56.6 Å². The molecule has 1 saturated heterocycles. The summed E-state index contributed by atoms with van der Waals surface area (Å²) in [4.78, 5) is 28.9. The molecule has 1 unspecified atom stereocenters. The fourth-order valence-electron chi connectivity index (χ4n) is 4.75. The first-order valence-electron chi connectivity index (χ1n) is 10.2. The second-order valence-corrected chi connectivity index (χ2v) is 11.5. The number of hydrogen-bond acceptors (Lipinski definition) is 6. The number of hydrogen-bond donors (Lipinski definition) is 0. The number of fused-ring (bicyclic) bond motifs is 1. The number of nitrogens with zero attached hydrogens (tertiary/aromatic N) is 1. The van der Waals surface area contributed by atoms with E-state index < -0.39 is 15.8 Å². The van der Waals surface area contributed by atoms with Gasteiger partial charge in [-0.15, -0.1) is 11.3 Å². The molecule has 8 heteroatoms. The highest BCUT2D eigenvalue weighted by Crippen LogP contribution is 2.31. The lowest BCUT2D eigenvalue weighted by Gasteiger charge is -2.33. The van der Waals surface area contributed by atoms with Gasteiger partial charge in [0.15, 0.2) is 16.4 Å². The summed E-state index contributed by atoms with van der Waals surface area (Å²) in [6, 6.07) is 1.69. The van der Waals surface area contributed by atoms with Gasteiger partial charge in [-0.3, -0.25) is 4.79 Å². The van der Waals surface area contributed by atoms with E-state index >= 15 is 0 Å². The minimum Gasteiger partial charge on any atom is -0.451 e. The van der Waals surface area contributed by atoms with Gasteiger partial charge in [0.2, 0.25) is 0 Å². The van der Waals surface area contributed by atoms with Crippen LogP contribution < -0.4 is 0 Å². The molecule has 28 heavy (non-hydrogen) atoms. The first-order valence-corrected chi connectivity index (χ1v) is 12.9. The Kier molecular flexibility index (Phi) is 5.78. The molecule has 1 atom stereocenters. The number of carbonyl (C=O) groups excluding carboxylic acids is 2. The Morgan fingerprint density at radius 1 is 1.07 bits per heavy atom. The zero-order valence-corrected chi connectivity index (χ0v) is 17.7. The first kappa shape index (κ1) is 19.9. The molecule has 1 aliphatic heterocycles. The van der Waals surface area contributed by atoms with Crippen LogP contribution in [-0.4, -0.2) is 55.4 Å². The van der Waals surface area contributed by atoms with Crippen LogP contribution in [0, 0.1) is 0 Å². The van der Waals surface area contributed by atoms with Crippen molar-refractivity contribution in [3.8, 4) is 0 Å². The van der Waals surface area contributed by atoms with Crippen molar-refractivity contribution in [2.24, 2.45) is 0 Å². The van der Waals surface area contributed by atoms with E-state index in [1.807, 2.05) is 6.07 Å². The largest absolute Gasteiger partial charge is 0.451 e. The first-order chi connectivity index (χ1) is 13.4. The third-order valence-electron chi connectivity index (χ3n) is 6.13. The summed E-state index contributed by atoms with van der Waals surface area (Å²) >= 11 is 1.48. The lowest BCUT2D eigenvalue weighted by molar-refractivity contribution is -0.139. The molecule has 2 heterocycles. The van der Waals surface area contributed by atoms with Crippen LogP contribution in [0.25, 0.3) is 0 Å². The van der Waals surface area contributed by atoms with Gasteiger partial charge >= 0.3 is 5.97 Å². The molecule has 1 aromatic rings. The van der Waals surface area contributed by atoms with Gasteiger partial charge in [0.05, 0.1) is 11.5 Å². The highest BCUT2D eigenvalue weighted by atomic mass is 32.2. The molecule has 0 N–H and O–H groups in total. The molecular weight excluding hydrogens is 398 g/mol. The van der Waals surface area contributed by atoms with Crippen LogP contribution in [0.1, 0.15) is 65.1 Å². The summed E-state index contributed by atoms with van der Waals surface area (Å²) in [6.07, 6.45) is 8.70. The third kappa shape index (κ3) is 4.27. The van der Waals surface area contributed by atoms with Gasteiger partial charge in [-0.25, -0.2) is 13.2 Å². The summed E-state index contributed by atoms with van der Waals surface area (Å²) in [5.74, 6) is -0.544. The van der Waals surface area contributed by atoms with Crippen molar-refractivity contribution in [1.29, 1.82) is 0 Å². The third-order valence-corrected chi connectivity index (χ3v) is 9.10. The average Bonchev–Trinajstić information content (AvgIpc) is 3.39. The Balaban J connectivity index is 1.41. The van der Waals surface area contributed by atoms with Gasteiger partial charge in [0.25, 0.3) is 5.91 Å². The fourth-order valence-corrected chi connectivity index (χ4v) is 7.61. The normalized spacial score (nSPS) is 24.1. The highest BCUT2D eigenvalue weighted by Gasteiger charge is 2.39. The van der Waals surface area contributed by atoms with Crippen LogP contribution in [0.3, 0.4) is 0 Å². The standard InChI is InChI=1S/C20H27NO5S2/c22-19(12-26-20(23)18-11-14-5-1-4-8-17(14)27-18)21(15-6-2-3-7-15)16-9-10-28(24,25)13-16/h11,15-16H,1-10,12-13H2. The van der Waals surface area contributed by atoms with Crippen molar-refractivity contribution in [2.75, 3.05) is 18.1 Å². The van der Waals surface area contributed by atoms with Crippen LogP contribution in [0.4, 0.5) is 0 Å². The van der Waals surface area contributed by atoms with Crippen molar-refractivity contribution >= 4 is 33.1 Å². The second kappa shape index (κ2) is 8.14. The minimum atomic E-state index is -3.08. The number of aryl methyl sites for hydroxylation is 2. The van der Waals surface area contributed by atoms with Crippen LogP contribution in [0.5, 0.6) is 0 Å². The molecule has 1 amide bonds. The van der Waals surface area contributed by atoms with Crippen molar-refractivity contribution < 1.29 is 22.7 Å². The summed E-state index contributed by atoms with van der Waals surface area (Å²) in [7, 11) is -3.08. The Hall–Kier alpha value is -1.41. The monoisotopic (exact) mass is 425 g/mol. The molecule has 0 bridgehead atoms. The molecule has 1 saturated carbocycles. The number of esters is 1. The molecule has 2 fully saturated rings. The molecule has 0 radical (unpaired) electrons. The van der Waals surface area contributed by atoms with Crippen molar-refractivity contribution in [1.82, 2.24) is 4.90 Å². The zero-order chi connectivity index (χ0) is 19.7. The fraction of sp³-hybridized carbons (Fsp3) is 0.700. The molecule has 2 aliphatic carbocycles. The summed E-state index contributed by atoms with van der Waals surface area (Å²) in [5, 5.41) is 0. The Bertz CT molecular complexity index is 830. The summed E-state index contributed by atoms with van der Waals surface area (Å²) < 4.78 is 29.2. The number of sulfone groups is 1. The second-order valence-electron chi connectivity index (χ2n) is 8.14. The Labute approximate surface area is 170 Å².